The number of aromatic nitrogens is 2. The lowest BCUT2D eigenvalue weighted by molar-refractivity contribution is 0.0985. The van der Waals surface area contributed by atoms with Gasteiger partial charge in [0, 0.05) is 24.1 Å². The van der Waals surface area contributed by atoms with Gasteiger partial charge >= 0.3 is 0 Å². The van der Waals surface area contributed by atoms with Crippen LogP contribution < -0.4 is 10.6 Å². The molecule has 0 saturated heterocycles. The minimum absolute atomic E-state index is 0.0321. The van der Waals surface area contributed by atoms with Crippen molar-refractivity contribution in [2.75, 3.05) is 17.2 Å². The highest BCUT2D eigenvalue weighted by molar-refractivity contribution is 6.06. The van der Waals surface area contributed by atoms with E-state index in [1.807, 2.05) is 18.2 Å². The summed E-state index contributed by atoms with van der Waals surface area (Å²) in [6.45, 7) is 0.723. The molecule has 0 atom stereocenters. The number of anilines is 2. The number of rotatable bonds is 1. The van der Waals surface area contributed by atoms with Gasteiger partial charge in [-0.25, -0.2) is 0 Å². The van der Waals surface area contributed by atoms with Gasteiger partial charge in [0.2, 0.25) is 0 Å². The van der Waals surface area contributed by atoms with Gasteiger partial charge in [-0.05, 0) is 30.5 Å². The van der Waals surface area contributed by atoms with Crippen LogP contribution in [0.3, 0.4) is 0 Å². The predicted octanol–water partition coefficient (Wildman–Crippen LogP) is 1.58. The van der Waals surface area contributed by atoms with Crippen LogP contribution in [0.2, 0.25) is 0 Å². The Balaban J connectivity index is 2.01. The number of H-pyrrole nitrogens is 1. The third-order valence-corrected chi connectivity index (χ3v) is 3.22. The van der Waals surface area contributed by atoms with Crippen LogP contribution in [0, 0.1) is 0 Å². The zero-order valence-electron chi connectivity index (χ0n) is 9.89. The fourth-order valence-corrected chi connectivity index (χ4v) is 2.33. The van der Waals surface area contributed by atoms with Crippen LogP contribution >= 0.6 is 0 Å². The number of nitrogens with one attached hydrogen (secondary N) is 1. The molecule has 18 heavy (non-hydrogen) atoms. The van der Waals surface area contributed by atoms with E-state index in [-0.39, 0.29) is 5.91 Å². The van der Waals surface area contributed by atoms with E-state index in [1.165, 1.54) is 5.56 Å². The Kier molecular flexibility index (Phi) is 2.51. The SMILES string of the molecule is Nc1ccc2c(c1)N(C(=O)c1cn[nH]c1)CCC2. The maximum atomic E-state index is 12.4. The van der Waals surface area contributed by atoms with Crippen molar-refractivity contribution < 1.29 is 4.79 Å². The molecular formula is C13H14N4O. The molecule has 2 heterocycles. The first kappa shape index (κ1) is 10.8. The van der Waals surface area contributed by atoms with E-state index in [4.69, 9.17) is 5.73 Å². The highest BCUT2D eigenvalue weighted by atomic mass is 16.2. The topological polar surface area (TPSA) is 75.0 Å². The van der Waals surface area contributed by atoms with Crippen molar-refractivity contribution in [3.05, 3.63) is 41.7 Å². The molecule has 2 aromatic rings. The van der Waals surface area contributed by atoms with Crippen molar-refractivity contribution in [1.29, 1.82) is 0 Å². The number of nitrogen functional groups attached to an aromatic ring is 1. The number of hydrogen-bond acceptors (Lipinski definition) is 3. The van der Waals surface area contributed by atoms with Gasteiger partial charge in [0.25, 0.3) is 5.91 Å². The number of carbonyl (C=O) groups excluding carboxylic acids is 1. The van der Waals surface area contributed by atoms with Crippen LogP contribution in [-0.4, -0.2) is 22.6 Å². The fourth-order valence-electron chi connectivity index (χ4n) is 2.33. The van der Waals surface area contributed by atoms with Gasteiger partial charge in [0.1, 0.15) is 0 Å². The number of aromatic amines is 1. The summed E-state index contributed by atoms with van der Waals surface area (Å²) in [6.07, 6.45) is 5.12. The number of nitrogens with zero attached hydrogens (tertiary/aromatic N) is 2. The molecule has 0 radical (unpaired) electrons. The second kappa shape index (κ2) is 4.18. The van der Waals surface area contributed by atoms with Gasteiger partial charge in [0.05, 0.1) is 11.8 Å². The summed E-state index contributed by atoms with van der Waals surface area (Å²) < 4.78 is 0. The molecule has 0 fully saturated rings. The van der Waals surface area contributed by atoms with E-state index in [2.05, 4.69) is 10.2 Å². The van der Waals surface area contributed by atoms with Gasteiger partial charge in [-0.3, -0.25) is 9.89 Å². The lowest BCUT2D eigenvalue weighted by Crippen LogP contribution is -2.35. The molecule has 1 aliphatic heterocycles. The summed E-state index contributed by atoms with van der Waals surface area (Å²) in [6, 6.07) is 5.75. The molecule has 1 aliphatic rings. The highest BCUT2D eigenvalue weighted by Gasteiger charge is 2.24. The lowest BCUT2D eigenvalue weighted by Gasteiger charge is -2.29. The zero-order valence-corrected chi connectivity index (χ0v) is 9.89. The largest absolute Gasteiger partial charge is 0.399 e. The molecule has 1 aromatic carbocycles. The Morgan fingerprint density at radius 2 is 2.33 bits per heavy atom. The molecule has 0 spiro atoms. The molecule has 0 saturated carbocycles. The summed E-state index contributed by atoms with van der Waals surface area (Å²) in [5.74, 6) is -0.0321. The molecule has 5 heteroatoms. The maximum Gasteiger partial charge on any atom is 0.261 e. The average molecular weight is 242 g/mol. The van der Waals surface area contributed by atoms with Crippen molar-refractivity contribution in [1.82, 2.24) is 10.2 Å². The van der Waals surface area contributed by atoms with E-state index < -0.39 is 0 Å². The van der Waals surface area contributed by atoms with E-state index >= 15 is 0 Å². The molecule has 1 amide bonds. The molecule has 0 bridgehead atoms. The first-order valence-electron chi connectivity index (χ1n) is 5.95. The number of aryl methyl sites for hydroxylation is 1. The minimum Gasteiger partial charge on any atom is -0.399 e. The zero-order chi connectivity index (χ0) is 12.5. The second-order valence-electron chi connectivity index (χ2n) is 4.44. The first-order valence-corrected chi connectivity index (χ1v) is 5.95. The van der Waals surface area contributed by atoms with Crippen molar-refractivity contribution in [2.45, 2.75) is 12.8 Å². The summed E-state index contributed by atoms with van der Waals surface area (Å²) in [4.78, 5) is 14.1. The Bertz CT molecular complexity index is 577. The molecule has 1 aromatic heterocycles. The van der Waals surface area contributed by atoms with Crippen molar-refractivity contribution in [2.24, 2.45) is 0 Å². The van der Waals surface area contributed by atoms with Crippen molar-refractivity contribution >= 4 is 17.3 Å². The molecule has 3 rings (SSSR count). The monoisotopic (exact) mass is 242 g/mol. The number of hydrogen-bond donors (Lipinski definition) is 2. The van der Waals surface area contributed by atoms with E-state index in [0.29, 0.717) is 11.3 Å². The molecule has 0 aliphatic carbocycles. The number of fused-ring (bicyclic) bond motifs is 1. The quantitative estimate of drug-likeness (QED) is 0.745. The van der Waals surface area contributed by atoms with Crippen LogP contribution in [0.15, 0.2) is 30.6 Å². The smallest absolute Gasteiger partial charge is 0.261 e. The summed E-state index contributed by atoms with van der Waals surface area (Å²) >= 11 is 0. The summed E-state index contributed by atoms with van der Waals surface area (Å²) in [5.41, 5.74) is 9.16. The Labute approximate surface area is 105 Å². The average Bonchev–Trinajstić information content (AvgIpc) is 2.91. The third-order valence-electron chi connectivity index (χ3n) is 3.22. The highest BCUT2D eigenvalue weighted by Crippen LogP contribution is 2.30. The van der Waals surface area contributed by atoms with Gasteiger partial charge in [0.15, 0.2) is 0 Å². The van der Waals surface area contributed by atoms with Crippen LogP contribution in [0.4, 0.5) is 11.4 Å². The molecule has 3 N–H and O–H groups in total. The van der Waals surface area contributed by atoms with E-state index in [9.17, 15) is 4.79 Å². The summed E-state index contributed by atoms with van der Waals surface area (Å²) in [7, 11) is 0. The normalized spacial score (nSPS) is 14.3. The fraction of sp³-hybridized carbons (Fsp3) is 0.231. The maximum absolute atomic E-state index is 12.4. The van der Waals surface area contributed by atoms with Crippen LogP contribution in [0.5, 0.6) is 0 Å². The van der Waals surface area contributed by atoms with E-state index in [1.54, 1.807) is 17.3 Å². The Hall–Kier alpha value is -2.30. The van der Waals surface area contributed by atoms with Gasteiger partial charge in [-0.1, -0.05) is 6.07 Å². The molecule has 5 nitrogen and oxygen atoms in total. The minimum atomic E-state index is -0.0321. The van der Waals surface area contributed by atoms with Crippen LogP contribution in [0.1, 0.15) is 22.3 Å². The van der Waals surface area contributed by atoms with Crippen molar-refractivity contribution in [3.63, 3.8) is 0 Å². The number of benzene rings is 1. The van der Waals surface area contributed by atoms with Crippen molar-refractivity contribution in [3.8, 4) is 0 Å². The standard InChI is InChI=1S/C13H14N4O/c14-11-4-3-9-2-1-5-17(12(9)6-11)13(18)10-7-15-16-8-10/h3-4,6-8H,1-2,5,14H2,(H,15,16). The summed E-state index contributed by atoms with van der Waals surface area (Å²) in [5, 5.41) is 6.48. The van der Waals surface area contributed by atoms with Crippen LogP contribution in [0.25, 0.3) is 0 Å². The molecular weight excluding hydrogens is 228 g/mol. The van der Waals surface area contributed by atoms with E-state index in [0.717, 1.165) is 25.1 Å². The van der Waals surface area contributed by atoms with Gasteiger partial charge < -0.3 is 10.6 Å². The number of carbonyl (C=O) groups is 1. The number of nitrogens with two attached hydrogens (primary N) is 1. The lowest BCUT2D eigenvalue weighted by atomic mass is 10.0. The predicted molar refractivity (Wildman–Crippen MR) is 69.4 cm³/mol. The molecule has 0 unspecified atom stereocenters. The number of amides is 1. The van der Waals surface area contributed by atoms with Gasteiger partial charge in [-0.15, -0.1) is 0 Å². The Morgan fingerprint density at radius 3 is 3.11 bits per heavy atom. The second-order valence-corrected chi connectivity index (χ2v) is 4.44. The van der Waals surface area contributed by atoms with Crippen LogP contribution in [-0.2, 0) is 6.42 Å². The Morgan fingerprint density at radius 1 is 1.44 bits per heavy atom. The third kappa shape index (κ3) is 1.73. The molecule has 92 valence electrons. The van der Waals surface area contributed by atoms with Gasteiger partial charge in [-0.2, -0.15) is 5.10 Å². The first-order chi connectivity index (χ1) is 8.75.